The summed E-state index contributed by atoms with van der Waals surface area (Å²) < 4.78 is 11.8. The number of hydrogen-bond donors (Lipinski definition) is 1. The van der Waals surface area contributed by atoms with Crippen LogP contribution in [0.15, 0.2) is 0 Å². The van der Waals surface area contributed by atoms with Gasteiger partial charge in [0, 0.05) is 38.2 Å². The van der Waals surface area contributed by atoms with Gasteiger partial charge in [0.15, 0.2) is 0 Å². The van der Waals surface area contributed by atoms with Gasteiger partial charge in [-0.1, -0.05) is 0 Å². The third kappa shape index (κ3) is 3.54. The summed E-state index contributed by atoms with van der Waals surface area (Å²) in [5.74, 6) is 0.712. The van der Waals surface area contributed by atoms with Gasteiger partial charge in [-0.05, 0) is 57.2 Å². The number of aliphatic hydroxyl groups excluding tert-OH is 1. The third-order valence-electron chi connectivity index (χ3n) is 5.54. The first kappa shape index (κ1) is 19.0. The van der Waals surface area contributed by atoms with Gasteiger partial charge in [0.1, 0.15) is 17.5 Å². The quantitative estimate of drug-likeness (QED) is 0.835. The lowest BCUT2D eigenvalue weighted by atomic mass is 9.89. The standard InChI is InChI=1S/C21H31NO4/c1-12-16(8-7-15-9-14(23)10-18(24)25-15)20-17(11-21(3,4)26-20)13(2)19(12)22(5)6/h14-15,23H,7-11H2,1-6H3. The molecule has 26 heavy (non-hydrogen) atoms. The number of rotatable bonds is 4. The van der Waals surface area contributed by atoms with Crippen molar-refractivity contribution in [3.63, 3.8) is 0 Å². The van der Waals surface area contributed by atoms with Gasteiger partial charge in [-0.15, -0.1) is 0 Å². The second-order valence-corrected chi connectivity index (χ2v) is 8.56. The molecule has 2 heterocycles. The van der Waals surface area contributed by atoms with E-state index in [4.69, 9.17) is 9.47 Å². The molecule has 2 atom stereocenters. The number of esters is 1. The average molecular weight is 361 g/mol. The van der Waals surface area contributed by atoms with Crippen molar-refractivity contribution >= 4 is 11.7 Å². The Hall–Kier alpha value is -1.75. The predicted molar refractivity (Wildman–Crippen MR) is 102 cm³/mol. The molecule has 1 N–H and O–H groups in total. The molecule has 2 unspecified atom stereocenters. The molecule has 144 valence electrons. The smallest absolute Gasteiger partial charge is 0.308 e. The molecule has 3 rings (SSSR count). The summed E-state index contributed by atoms with van der Waals surface area (Å²) in [7, 11) is 4.15. The maximum atomic E-state index is 11.6. The van der Waals surface area contributed by atoms with Gasteiger partial charge in [0.2, 0.25) is 0 Å². The van der Waals surface area contributed by atoms with Crippen molar-refractivity contribution in [2.24, 2.45) is 0 Å². The van der Waals surface area contributed by atoms with Crippen molar-refractivity contribution < 1.29 is 19.4 Å². The van der Waals surface area contributed by atoms with Crippen LogP contribution in [0, 0.1) is 13.8 Å². The molecule has 2 aliphatic heterocycles. The Bertz CT molecular complexity index is 723. The van der Waals surface area contributed by atoms with Crippen LogP contribution in [0.25, 0.3) is 0 Å². The van der Waals surface area contributed by atoms with Crippen LogP contribution >= 0.6 is 0 Å². The summed E-state index contributed by atoms with van der Waals surface area (Å²) in [6.07, 6.45) is 2.20. The molecule has 1 aromatic carbocycles. The fraction of sp³-hybridized carbons (Fsp3) is 0.667. The second kappa shape index (κ2) is 6.76. The molecule has 0 saturated carbocycles. The summed E-state index contributed by atoms with van der Waals surface area (Å²) in [6, 6.07) is 0. The van der Waals surface area contributed by atoms with E-state index in [-0.39, 0.29) is 24.1 Å². The van der Waals surface area contributed by atoms with Gasteiger partial charge < -0.3 is 19.5 Å². The highest BCUT2D eigenvalue weighted by atomic mass is 16.5. The molecule has 1 aromatic rings. The second-order valence-electron chi connectivity index (χ2n) is 8.56. The number of nitrogens with zero attached hydrogens (tertiary/aromatic N) is 1. The van der Waals surface area contributed by atoms with Gasteiger partial charge in [-0.2, -0.15) is 0 Å². The predicted octanol–water partition coefficient (Wildman–Crippen LogP) is 3.08. The Morgan fingerprint density at radius 1 is 1.23 bits per heavy atom. The van der Waals surface area contributed by atoms with Crippen molar-refractivity contribution in [2.45, 2.75) is 77.6 Å². The molecular weight excluding hydrogens is 330 g/mol. The van der Waals surface area contributed by atoms with Gasteiger partial charge in [0.05, 0.1) is 12.5 Å². The number of carbonyl (C=O) groups excluding carboxylic acids is 1. The number of cyclic esters (lactones) is 1. The minimum atomic E-state index is -0.585. The molecule has 0 bridgehead atoms. The van der Waals surface area contributed by atoms with Crippen LogP contribution in [0.1, 0.15) is 55.4 Å². The lowest BCUT2D eigenvalue weighted by molar-refractivity contribution is -0.160. The number of hydrogen-bond acceptors (Lipinski definition) is 5. The molecule has 0 amide bonds. The van der Waals surface area contributed by atoms with Gasteiger partial charge in [-0.3, -0.25) is 4.79 Å². The molecule has 0 spiro atoms. The monoisotopic (exact) mass is 361 g/mol. The van der Waals surface area contributed by atoms with Gasteiger partial charge in [-0.25, -0.2) is 0 Å². The Kier molecular flexibility index (Phi) is 4.95. The molecular formula is C21H31NO4. The van der Waals surface area contributed by atoms with Crippen molar-refractivity contribution in [1.82, 2.24) is 0 Å². The Labute approximate surface area is 156 Å². The number of anilines is 1. The highest BCUT2D eigenvalue weighted by molar-refractivity contribution is 5.71. The first-order valence-electron chi connectivity index (χ1n) is 9.48. The van der Waals surface area contributed by atoms with Crippen LogP contribution in [0.3, 0.4) is 0 Å². The van der Waals surface area contributed by atoms with E-state index >= 15 is 0 Å². The summed E-state index contributed by atoms with van der Waals surface area (Å²) in [5.41, 5.74) is 6.06. The van der Waals surface area contributed by atoms with Crippen LogP contribution in [0.4, 0.5) is 5.69 Å². The summed E-state index contributed by atoms with van der Waals surface area (Å²) in [6.45, 7) is 8.57. The van der Waals surface area contributed by atoms with E-state index in [1.807, 2.05) is 0 Å². The van der Waals surface area contributed by atoms with E-state index in [1.54, 1.807) is 0 Å². The van der Waals surface area contributed by atoms with E-state index in [2.05, 4.69) is 46.7 Å². The average Bonchev–Trinajstić information content (AvgIpc) is 2.81. The highest BCUT2D eigenvalue weighted by Gasteiger charge is 2.36. The maximum Gasteiger partial charge on any atom is 0.308 e. The lowest BCUT2D eigenvalue weighted by Gasteiger charge is -2.28. The molecule has 0 aromatic heterocycles. The number of carbonyl (C=O) groups is 1. The van der Waals surface area contributed by atoms with E-state index in [0.29, 0.717) is 12.8 Å². The normalized spacial score (nSPS) is 24.0. The van der Waals surface area contributed by atoms with Crippen LogP contribution in [-0.2, 0) is 22.4 Å². The van der Waals surface area contributed by atoms with Crippen LogP contribution < -0.4 is 9.64 Å². The van der Waals surface area contributed by atoms with E-state index in [0.717, 1.165) is 18.6 Å². The van der Waals surface area contributed by atoms with Crippen LogP contribution in [0.2, 0.25) is 0 Å². The van der Waals surface area contributed by atoms with Gasteiger partial charge >= 0.3 is 5.97 Å². The zero-order valence-corrected chi connectivity index (χ0v) is 16.8. The lowest BCUT2D eigenvalue weighted by Crippen LogP contribution is -2.32. The first-order chi connectivity index (χ1) is 12.1. The number of ether oxygens (including phenoxy) is 2. The molecule has 5 heteroatoms. The van der Waals surface area contributed by atoms with E-state index < -0.39 is 6.10 Å². The summed E-state index contributed by atoms with van der Waals surface area (Å²) >= 11 is 0. The molecule has 2 aliphatic rings. The fourth-order valence-corrected chi connectivity index (χ4v) is 4.48. The molecule has 1 fully saturated rings. The van der Waals surface area contributed by atoms with Crippen LogP contribution in [-0.4, -0.2) is 43.0 Å². The molecule has 1 saturated heterocycles. The van der Waals surface area contributed by atoms with Crippen molar-refractivity contribution in [2.75, 3.05) is 19.0 Å². The largest absolute Gasteiger partial charge is 0.487 e. The Morgan fingerprint density at radius 3 is 2.54 bits per heavy atom. The van der Waals surface area contributed by atoms with E-state index in [1.165, 1.54) is 27.9 Å². The Morgan fingerprint density at radius 2 is 1.92 bits per heavy atom. The minimum Gasteiger partial charge on any atom is -0.487 e. The SMILES string of the molecule is Cc1c(CCC2CC(O)CC(=O)O2)c2c(c(C)c1N(C)C)CC(C)(C)O2. The molecule has 0 aliphatic carbocycles. The summed E-state index contributed by atoms with van der Waals surface area (Å²) in [5, 5.41) is 9.85. The zero-order chi connectivity index (χ0) is 19.2. The number of fused-ring (bicyclic) bond motifs is 1. The third-order valence-corrected chi connectivity index (χ3v) is 5.54. The van der Waals surface area contributed by atoms with Crippen LogP contribution in [0.5, 0.6) is 5.75 Å². The fourth-order valence-electron chi connectivity index (χ4n) is 4.48. The maximum absolute atomic E-state index is 11.6. The van der Waals surface area contributed by atoms with Crippen molar-refractivity contribution in [3.05, 3.63) is 22.3 Å². The Balaban J connectivity index is 1.93. The zero-order valence-electron chi connectivity index (χ0n) is 16.8. The van der Waals surface area contributed by atoms with Gasteiger partial charge in [0.25, 0.3) is 0 Å². The molecule has 0 radical (unpaired) electrons. The number of benzene rings is 1. The molecule has 5 nitrogen and oxygen atoms in total. The topological polar surface area (TPSA) is 59.0 Å². The van der Waals surface area contributed by atoms with Crippen molar-refractivity contribution in [3.8, 4) is 5.75 Å². The number of aliphatic hydroxyl groups is 1. The first-order valence-corrected chi connectivity index (χ1v) is 9.48. The minimum absolute atomic E-state index is 0.109. The van der Waals surface area contributed by atoms with Crippen molar-refractivity contribution in [1.29, 1.82) is 0 Å². The summed E-state index contributed by atoms with van der Waals surface area (Å²) in [4.78, 5) is 13.8. The highest BCUT2D eigenvalue weighted by Crippen LogP contribution is 2.46. The van der Waals surface area contributed by atoms with E-state index in [9.17, 15) is 9.90 Å².